The second kappa shape index (κ2) is 13.9. The average Bonchev–Trinajstić information content (AvgIpc) is 3.49. The van der Waals surface area contributed by atoms with Gasteiger partial charge in [-0.05, 0) is 97.3 Å². The standard InChI is InChI=1S/C37H34O6/c1-2-3-4-25-5-7-26(8-6-25)9-10-27-11-13-28(14-12-27)19-30(20-29-15-17-33(38)32(21-29)37(40)41)22-34(39)31-16-18-35-36(23-31)43-24-42-35/h5-8,11-17,21-23,35,38H,2-4,18-20,24H2,1H3,(H,40,41)/b30-22+. The molecular weight excluding hydrogens is 540 g/mol. The van der Waals surface area contributed by atoms with E-state index in [1.54, 1.807) is 18.2 Å². The highest BCUT2D eigenvalue weighted by Crippen LogP contribution is 2.28. The number of ether oxygens (including phenoxy) is 2. The number of phenols is 1. The number of rotatable bonds is 10. The number of carboxylic acids is 1. The van der Waals surface area contributed by atoms with Crippen molar-refractivity contribution in [2.75, 3.05) is 6.79 Å². The van der Waals surface area contributed by atoms with E-state index in [0.29, 0.717) is 36.2 Å². The lowest BCUT2D eigenvalue weighted by molar-refractivity contribution is -0.111. The molecule has 6 nitrogen and oxygen atoms in total. The van der Waals surface area contributed by atoms with E-state index in [1.807, 2.05) is 30.3 Å². The van der Waals surface area contributed by atoms with Gasteiger partial charge in [0.25, 0.3) is 0 Å². The maximum absolute atomic E-state index is 13.3. The summed E-state index contributed by atoms with van der Waals surface area (Å²) >= 11 is 0. The number of carboxylic acid groups (broad SMARTS) is 1. The van der Waals surface area contributed by atoms with Gasteiger partial charge < -0.3 is 19.7 Å². The first-order valence-electron chi connectivity index (χ1n) is 14.5. The van der Waals surface area contributed by atoms with Crippen LogP contribution in [-0.4, -0.2) is 34.9 Å². The molecule has 1 unspecified atom stereocenters. The predicted molar refractivity (Wildman–Crippen MR) is 165 cm³/mol. The summed E-state index contributed by atoms with van der Waals surface area (Å²) in [4.78, 5) is 24.9. The Morgan fingerprint density at radius 2 is 1.58 bits per heavy atom. The van der Waals surface area contributed by atoms with Gasteiger partial charge in [0.2, 0.25) is 0 Å². The minimum Gasteiger partial charge on any atom is -0.507 e. The van der Waals surface area contributed by atoms with Crippen molar-refractivity contribution >= 4 is 11.8 Å². The first kappa shape index (κ1) is 29.6. The Balaban J connectivity index is 1.34. The summed E-state index contributed by atoms with van der Waals surface area (Å²) < 4.78 is 11.0. The van der Waals surface area contributed by atoms with Crippen molar-refractivity contribution < 1.29 is 29.3 Å². The molecule has 3 aromatic rings. The number of aromatic hydroxyl groups is 1. The Kier molecular flexibility index (Phi) is 9.56. The van der Waals surface area contributed by atoms with Crippen LogP contribution in [0.5, 0.6) is 5.75 Å². The summed E-state index contributed by atoms with van der Waals surface area (Å²) in [5.74, 6) is 5.45. The van der Waals surface area contributed by atoms with E-state index in [1.165, 1.54) is 30.5 Å². The maximum Gasteiger partial charge on any atom is 0.339 e. The Morgan fingerprint density at radius 3 is 2.26 bits per heavy atom. The SMILES string of the molecule is CCCCc1ccc(C#Cc2ccc(C/C(=C\C(=O)C3=CCC4OCOC4=C3)Cc3ccc(O)c(C(=O)O)c3)cc2)cc1. The van der Waals surface area contributed by atoms with Crippen molar-refractivity contribution in [1.82, 2.24) is 0 Å². The summed E-state index contributed by atoms with van der Waals surface area (Å²) in [6.07, 6.45) is 9.89. The zero-order chi connectivity index (χ0) is 30.2. The summed E-state index contributed by atoms with van der Waals surface area (Å²) in [7, 11) is 0. The van der Waals surface area contributed by atoms with Crippen LogP contribution < -0.4 is 0 Å². The van der Waals surface area contributed by atoms with Crippen molar-refractivity contribution in [3.8, 4) is 17.6 Å². The van der Waals surface area contributed by atoms with E-state index in [9.17, 15) is 19.8 Å². The molecule has 1 atom stereocenters. The number of carbonyl (C=O) groups excluding carboxylic acids is 1. The number of fused-ring (bicyclic) bond motifs is 1. The number of hydrogen-bond donors (Lipinski definition) is 2. The monoisotopic (exact) mass is 574 g/mol. The van der Waals surface area contributed by atoms with Crippen LogP contribution in [0.1, 0.15) is 64.4 Å². The van der Waals surface area contributed by atoms with Crippen LogP contribution in [0.2, 0.25) is 0 Å². The van der Waals surface area contributed by atoms with Crippen LogP contribution in [0, 0.1) is 11.8 Å². The Labute approximate surface area is 252 Å². The van der Waals surface area contributed by atoms with Crippen molar-refractivity contribution in [1.29, 1.82) is 0 Å². The molecule has 1 fully saturated rings. The average molecular weight is 575 g/mol. The molecule has 0 amide bonds. The number of unbranched alkanes of at least 4 members (excludes halogenated alkanes) is 1. The first-order chi connectivity index (χ1) is 20.9. The number of aryl methyl sites for hydroxylation is 1. The van der Waals surface area contributed by atoms with Crippen LogP contribution in [-0.2, 0) is 33.5 Å². The Morgan fingerprint density at radius 1 is 0.930 bits per heavy atom. The molecule has 0 radical (unpaired) electrons. The summed E-state index contributed by atoms with van der Waals surface area (Å²) in [6.45, 7) is 2.38. The van der Waals surface area contributed by atoms with E-state index in [-0.39, 0.29) is 30.0 Å². The third kappa shape index (κ3) is 7.91. The molecule has 1 heterocycles. The molecule has 0 bridgehead atoms. The van der Waals surface area contributed by atoms with Crippen molar-refractivity contribution in [2.24, 2.45) is 0 Å². The minimum atomic E-state index is -1.21. The first-order valence-corrected chi connectivity index (χ1v) is 14.5. The molecule has 0 saturated carbocycles. The van der Waals surface area contributed by atoms with Gasteiger partial charge in [0.05, 0.1) is 0 Å². The van der Waals surface area contributed by atoms with Gasteiger partial charge in [0.15, 0.2) is 12.6 Å². The van der Waals surface area contributed by atoms with E-state index in [2.05, 4.69) is 43.0 Å². The topological polar surface area (TPSA) is 93.1 Å². The fourth-order valence-electron chi connectivity index (χ4n) is 5.10. The summed E-state index contributed by atoms with van der Waals surface area (Å²) in [5.41, 5.74) is 6.02. The fourth-order valence-corrected chi connectivity index (χ4v) is 5.10. The molecule has 5 rings (SSSR count). The highest BCUT2D eigenvalue weighted by atomic mass is 16.7. The lowest BCUT2D eigenvalue weighted by atomic mass is 9.93. The molecule has 2 aliphatic rings. The molecule has 43 heavy (non-hydrogen) atoms. The highest BCUT2D eigenvalue weighted by Gasteiger charge is 2.27. The Bertz CT molecular complexity index is 1650. The van der Waals surface area contributed by atoms with Crippen molar-refractivity contribution in [2.45, 2.75) is 51.6 Å². The van der Waals surface area contributed by atoms with Crippen molar-refractivity contribution in [3.63, 3.8) is 0 Å². The molecule has 218 valence electrons. The predicted octanol–water partition coefficient (Wildman–Crippen LogP) is 6.70. The van der Waals surface area contributed by atoms with Gasteiger partial charge in [-0.2, -0.15) is 0 Å². The lowest BCUT2D eigenvalue weighted by Gasteiger charge is -2.14. The quantitative estimate of drug-likeness (QED) is 0.207. The summed E-state index contributed by atoms with van der Waals surface area (Å²) in [5, 5.41) is 19.4. The van der Waals surface area contributed by atoms with Gasteiger partial charge in [-0.1, -0.05) is 67.2 Å². The van der Waals surface area contributed by atoms with Crippen LogP contribution in [0.3, 0.4) is 0 Å². The number of carbonyl (C=O) groups is 2. The van der Waals surface area contributed by atoms with Crippen molar-refractivity contribution in [3.05, 3.63) is 135 Å². The molecule has 2 N–H and O–H groups in total. The zero-order valence-corrected chi connectivity index (χ0v) is 24.1. The largest absolute Gasteiger partial charge is 0.507 e. The number of hydrogen-bond acceptors (Lipinski definition) is 5. The van der Waals surface area contributed by atoms with Crippen LogP contribution in [0.15, 0.2) is 102 Å². The number of allylic oxidation sites excluding steroid dienone is 4. The molecule has 1 saturated heterocycles. The fraction of sp³-hybridized carbons (Fsp3) is 0.243. The van der Waals surface area contributed by atoms with E-state index >= 15 is 0 Å². The van der Waals surface area contributed by atoms with Crippen LogP contribution in [0.4, 0.5) is 0 Å². The normalized spacial score (nSPS) is 15.8. The lowest BCUT2D eigenvalue weighted by Crippen LogP contribution is -2.13. The van der Waals surface area contributed by atoms with E-state index in [4.69, 9.17) is 9.47 Å². The number of benzene rings is 3. The van der Waals surface area contributed by atoms with E-state index < -0.39 is 5.97 Å². The van der Waals surface area contributed by atoms with E-state index in [0.717, 1.165) is 28.7 Å². The van der Waals surface area contributed by atoms with Crippen LogP contribution in [0.25, 0.3) is 0 Å². The highest BCUT2D eigenvalue weighted by molar-refractivity contribution is 6.06. The maximum atomic E-state index is 13.3. The smallest absolute Gasteiger partial charge is 0.339 e. The zero-order valence-electron chi connectivity index (χ0n) is 24.1. The second-order valence-corrected chi connectivity index (χ2v) is 10.8. The molecule has 0 aromatic heterocycles. The minimum absolute atomic E-state index is 0.141. The third-order valence-corrected chi connectivity index (χ3v) is 7.51. The molecule has 0 spiro atoms. The van der Waals surface area contributed by atoms with Gasteiger partial charge in [0, 0.05) is 16.7 Å². The third-order valence-electron chi connectivity index (χ3n) is 7.51. The van der Waals surface area contributed by atoms with Gasteiger partial charge in [-0.25, -0.2) is 4.79 Å². The second-order valence-electron chi connectivity index (χ2n) is 10.8. The number of ketones is 1. The Hall–Kier alpha value is -4.86. The molecule has 1 aliphatic carbocycles. The summed E-state index contributed by atoms with van der Waals surface area (Å²) in [6, 6.07) is 20.8. The molecule has 6 heteroatoms. The number of aromatic carboxylic acids is 1. The van der Waals surface area contributed by atoms with Gasteiger partial charge in [0.1, 0.15) is 23.2 Å². The van der Waals surface area contributed by atoms with Gasteiger partial charge in [-0.3, -0.25) is 4.79 Å². The molecular formula is C37H34O6. The van der Waals surface area contributed by atoms with Gasteiger partial charge in [-0.15, -0.1) is 0 Å². The van der Waals surface area contributed by atoms with Gasteiger partial charge >= 0.3 is 5.97 Å². The molecule has 3 aromatic carbocycles. The van der Waals surface area contributed by atoms with Crippen LogP contribution >= 0.6 is 0 Å². The molecule has 1 aliphatic heterocycles.